The normalized spacial score (nSPS) is 11.9. The molecule has 1 aromatic heterocycles. The highest BCUT2D eigenvalue weighted by atomic mass is 79.9. The molecule has 0 aliphatic carbocycles. The monoisotopic (exact) mass is 259 g/mol. The Kier molecular flexibility index (Phi) is 3.82. The van der Waals surface area contributed by atoms with E-state index in [0.717, 1.165) is 0 Å². The summed E-state index contributed by atoms with van der Waals surface area (Å²) in [7, 11) is 1.53. The molecule has 0 saturated heterocycles. The van der Waals surface area contributed by atoms with Crippen LogP contribution in [-0.2, 0) is 4.79 Å². The van der Waals surface area contributed by atoms with E-state index in [1.807, 2.05) is 0 Å². The SMILES string of the molecule is COc1cnc(NC(=O)[C@H](C)Br)nc1. The van der Waals surface area contributed by atoms with Crippen LogP contribution in [0.3, 0.4) is 0 Å². The van der Waals surface area contributed by atoms with E-state index in [0.29, 0.717) is 5.75 Å². The number of carbonyl (C=O) groups is 1. The van der Waals surface area contributed by atoms with Crippen molar-refractivity contribution in [1.82, 2.24) is 9.97 Å². The molecule has 76 valence electrons. The second kappa shape index (κ2) is 4.90. The molecule has 0 aliphatic rings. The number of aromatic nitrogens is 2. The number of alkyl halides is 1. The van der Waals surface area contributed by atoms with Crippen LogP contribution in [0.1, 0.15) is 6.92 Å². The zero-order valence-corrected chi connectivity index (χ0v) is 9.41. The molecular weight excluding hydrogens is 250 g/mol. The number of halogens is 1. The van der Waals surface area contributed by atoms with Gasteiger partial charge in [-0.15, -0.1) is 0 Å². The van der Waals surface area contributed by atoms with Gasteiger partial charge in [-0.1, -0.05) is 15.9 Å². The number of amides is 1. The zero-order valence-electron chi connectivity index (χ0n) is 7.82. The molecule has 1 atom stereocenters. The molecule has 0 saturated carbocycles. The van der Waals surface area contributed by atoms with E-state index in [9.17, 15) is 4.79 Å². The molecule has 1 N–H and O–H groups in total. The zero-order chi connectivity index (χ0) is 10.6. The summed E-state index contributed by atoms with van der Waals surface area (Å²) in [5, 5.41) is 2.53. The molecule has 0 unspecified atom stereocenters. The number of anilines is 1. The van der Waals surface area contributed by atoms with Gasteiger partial charge in [-0.25, -0.2) is 9.97 Å². The standard InChI is InChI=1S/C8H10BrN3O2/c1-5(9)7(13)12-8-10-3-6(14-2)4-11-8/h3-5H,1-2H3,(H,10,11,12,13)/t5-/m0/s1. The van der Waals surface area contributed by atoms with Crippen molar-refractivity contribution in [3.63, 3.8) is 0 Å². The quantitative estimate of drug-likeness (QED) is 0.829. The Labute approximate surface area is 90.0 Å². The van der Waals surface area contributed by atoms with E-state index in [1.165, 1.54) is 19.5 Å². The van der Waals surface area contributed by atoms with Crippen LogP contribution in [0, 0.1) is 0 Å². The summed E-state index contributed by atoms with van der Waals surface area (Å²) in [6, 6.07) is 0. The number of nitrogens with one attached hydrogen (secondary N) is 1. The lowest BCUT2D eigenvalue weighted by molar-refractivity contribution is -0.115. The van der Waals surface area contributed by atoms with Gasteiger partial charge in [-0.05, 0) is 6.92 Å². The Hall–Kier alpha value is -1.17. The maximum atomic E-state index is 11.2. The molecule has 1 rings (SSSR count). The molecule has 1 amide bonds. The molecule has 0 bridgehead atoms. The van der Waals surface area contributed by atoms with Crippen LogP contribution in [0.15, 0.2) is 12.4 Å². The summed E-state index contributed by atoms with van der Waals surface area (Å²) in [4.78, 5) is 18.7. The number of ether oxygens (including phenoxy) is 1. The van der Waals surface area contributed by atoms with Crippen molar-refractivity contribution < 1.29 is 9.53 Å². The van der Waals surface area contributed by atoms with Gasteiger partial charge >= 0.3 is 0 Å². The highest BCUT2D eigenvalue weighted by molar-refractivity contribution is 9.10. The lowest BCUT2D eigenvalue weighted by Gasteiger charge is -2.04. The molecule has 0 spiro atoms. The molecule has 0 radical (unpaired) electrons. The van der Waals surface area contributed by atoms with E-state index in [2.05, 4.69) is 31.2 Å². The van der Waals surface area contributed by atoms with Crippen LogP contribution in [0.25, 0.3) is 0 Å². The molecule has 0 aromatic carbocycles. The van der Waals surface area contributed by atoms with Gasteiger partial charge in [0.2, 0.25) is 11.9 Å². The summed E-state index contributed by atoms with van der Waals surface area (Å²) in [6.45, 7) is 1.72. The maximum Gasteiger partial charge on any atom is 0.240 e. The predicted octanol–water partition coefficient (Wildman–Crippen LogP) is 1.21. The van der Waals surface area contributed by atoms with Gasteiger partial charge in [0.1, 0.15) is 0 Å². The largest absolute Gasteiger partial charge is 0.494 e. The number of nitrogens with zero attached hydrogens (tertiary/aromatic N) is 2. The fourth-order valence-electron chi connectivity index (χ4n) is 0.696. The van der Waals surface area contributed by atoms with Crippen LogP contribution in [0.5, 0.6) is 5.75 Å². The molecule has 14 heavy (non-hydrogen) atoms. The fraction of sp³-hybridized carbons (Fsp3) is 0.375. The molecule has 0 fully saturated rings. The van der Waals surface area contributed by atoms with E-state index < -0.39 is 0 Å². The van der Waals surface area contributed by atoms with E-state index in [4.69, 9.17) is 4.74 Å². The number of hydrogen-bond acceptors (Lipinski definition) is 4. The van der Waals surface area contributed by atoms with Crippen LogP contribution < -0.4 is 10.1 Å². The first-order valence-electron chi connectivity index (χ1n) is 3.94. The van der Waals surface area contributed by atoms with Gasteiger partial charge in [0.25, 0.3) is 0 Å². The Balaban J connectivity index is 2.64. The Morgan fingerprint density at radius 2 is 2.14 bits per heavy atom. The summed E-state index contributed by atoms with van der Waals surface area (Å²) < 4.78 is 4.87. The van der Waals surface area contributed by atoms with E-state index in [1.54, 1.807) is 6.92 Å². The minimum Gasteiger partial charge on any atom is -0.494 e. The highest BCUT2D eigenvalue weighted by Gasteiger charge is 2.09. The first-order valence-corrected chi connectivity index (χ1v) is 4.86. The first-order chi connectivity index (χ1) is 6.63. The third kappa shape index (κ3) is 2.95. The maximum absolute atomic E-state index is 11.2. The predicted molar refractivity (Wildman–Crippen MR) is 55.6 cm³/mol. The molecule has 5 nitrogen and oxygen atoms in total. The minimum atomic E-state index is -0.270. The van der Waals surface area contributed by atoms with Gasteiger partial charge in [0.15, 0.2) is 5.75 Å². The van der Waals surface area contributed by atoms with Gasteiger partial charge in [0, 0.05) is 0 Å². The third-order valence-electron chi connectivity index (χ3n) is 1.46. The van der Waals surface area contributed by atoms with E-state index >= 15 is 0 Å². The highest BCUT2D eigenvalue weighted by Crippen LogP contribution is 2.08. The Morgan fingerprint density at radius 3 is 2.57 bits per heavy atom. The summed E-state index contributed by atoms with van der Waals surface area (Å²) in [6.07, 6.45) is 2.98. The smallest absolute Gasteiger partial charge is 0.240 e. The molecule has 1 aromatic rings. The fourth-order valence-corrected chi connectivity index (χ4v) is 0.810. The summed E-state index contributed by atoms with van der Waals surface area (Å²) >= 11 is 3.13. The number of methoxy groups -OCH3 is 1. The topological polar surface area (TPSA) is 64.1 Å². The van der Waals surface area contributed by atoms with Gasteiger partial charge in [-0.2, -0.15) is 0 Å². The number of hydrogen-bond donors (Lipinski definition) is 1. The second-order valence-corrected chi connectivity index (χ2v) is 3.93. The van der Waals surface area contributed by atoms with Gasteiger partial charge in [-0.3, -0.25) is 10.1 Å². The lowest BCUT2D eigenvalue weighted by Crippen LogP contribution is -2.21. The third-order valence-corrected chi connectivity index (χ3v) is 1.88. The Morgan fingerprint density at radius 1 is 1.57 bits per heavy atom. The first kappa shape index (κ1) is 10.9. The second-order valence-electron chi connectivity index (χ2n) is 2.55. The van der Waals surface area contributed by atoms with Gasteiger partial charge in [0.05, 0.1) is 24.3 Å². The number of carbonyl (C=O) groups excluding carboxylic acids is 1. The van der Waals surface area contributed by atoms with Crippen LogP contribution in [0.2, 0.25) is 0 Å². The average Bonchev–Trinajstić information content (AvgIpc) is 2.19. The Bertz CT molecular complexity index is 313. The van der Waals surface area contributed by atoms with Gasteiger partial charge < -0.3 is 4.74 Å². The molecule has 0 aliphatic heterocycles. The lowest BCUT2D eigenvalue weighted by atomic mass is 10.4. The molecule has 6 heteroatoms. The van der Waals surface area contributed by atoms with Crippen LogP contribution >= 0.6 is 15.9 Å². The summed E-state index contributed by atoms with van der Waals surface area (Å²) in [5.74, 6) is 0.632. The van der Waals surface area contributed by atoms with Crippen molar-refractivity contribution in [1.29, 1.82) is 0 Å². The van der Waals surface area contributed by atoms with Crippen molar-refractivity contribution >= 4 is 27.8 Å². The van der Waals surface area contributed by atoms with Crippen molar-refractivity contribution in [3.8, 4) is 5.75 Å². The van der Waals surface area contributed by atoms with Crippen molar-refractivity contribution in [2.24, 2.45) is 0 Å². The minimum absolute atomic E-state index is 0.185. The summed E-state index contributed by atoms with van der Waals surface area (Å²) in [5.41, 5.74) is 0. The number of rotatable bonds is 3. The van der Waals surface area contributed by atoms with Crippen LogP contribution in [-0.4, -0.2) is 27.8 Å². The van der Waals surface area contributed by atoms with Crippen molar-refractivity contribution in [3.05, 3.63) is 12.4 Å². The molecule has 1 heterocycles. The van der Waals surface area contributed by atoms with Crippen molar-refractivity contribution in [2.45, 2.75) is 11.8 Å². The molecular formula is C8H10BrN3O2. The van der Waals surface area contributed by atoms with Crippen molar-refractivity contribution in [2.75, 3.05) is 12.4 Å². The van der Waals surface area contributed by atoms with E-state index in [-0.39, 0.29) is 16.7 Å². The average molecular weight is 260 g/mol. The van der Waals surface area contributed by atoms with Crippen LogP contribution in [0.4, 0.5) is 5.95 Å².